The van der Waals surface area contributed by atoms with E-state index in [-0.39, 0.29) is 35.5 Å². The highest BCUT2D eigenvalue weighted by molar-refractivity contribution is 7.89. The first-order chi connectivity index (χ1) is 12.4. The third-order valence-corrected chi connectivity index (χ3v) is 6.21. The molecule has 1 aromatic heterocycles. The van der Waals surface area contributed by atoms with Crippen LogP contribution < -0.4 is 5.32 Å². The Bertz CT molecular complexity index is 880. The van der Waals surface area contributed by atoms with E-state index < -0.39 is 16.1 Å². The summed E-state index contributed by atoms with van der Waals surface area (Å²) in [4.78, 5) is 16.6. The molecule has 1 atom stereocenters. The molecule has 0 bridgehead atoms. The third-order valence-electron chi connectivity index (χ3n) is 4.38. The van der Waals surface area contributed by atoms with Crippen LogP contribution in [-0.2, 0) is 10.0 Å². The molecule has 1 saturated heterocycles. The second-order valence-electron chi connectivity index (χ2n) is 6.22. The molecule has 7 nitrogen and oxygen atoms in total. The molecule has 0 radical (unpaired) electrons. The van der Waals surface area contributed by atoms with Crippen molar-refractivity contribution in [3.8, 4) is 0 Å². The predicted octanol–water partition coefficient (Wildman–Crippen LogP) is 1.33. The van der Waals surface area contributed by atoms with Gasteiger partial charge in [-0.05, 0) is 42.3 Å². The lowest BCUT2D eigenvalue weighted by Crippen LogP contribution is -2.53. The van der Waals surface area contributed by atoms with Crippen LogP contribution in [0.4, 0.5) is 0 Å². The van der Waals surface area contributed by atoms with Gasteiger partial charge < -0.3 is 10.4 Å². The first-order valence-corrected chi connectivity index (χ1v) is 9.85. The van der Waals surface area contributed by atoms with E-state index in [1.807, 2.05) is 19.1 Å². The first kappa shape index (κ1) is 18.5. The molecule has 1 aliphatic rings. The van der Waals surface area contributed by atoms with E-state index >= 15 is 0 Å². The summed E-state index contributed by atoms with van der Waals surface area (Å²) in [5.41, 5.74) is 1.22. The summed E-state index contributed by atoms with van der Waals surface area (Å²) in [5.74, 6) is -0.339. The van der Waals surface area contributed by atoms with Crippen LogP contribution in [0.2, 0.25) is 0 Å². The summed E-state index contributed by atoms with van der Waals surface area (Å²) in [5, 5.41) is 12.3. The highest BCUT2D eigenvalue weighted by Crippen LogP contribution is 2.23. The van der Waals surface area contributed by atoms with Gasteiger partial charge in [0.25, 0.3) is 5.91 Å². The number of rotatable bonds is 6. The lowest BCUT2D eigenvalue weighted by atomic mass is 10.1. The van der Waals surface area contributed by atoms with Gasteiger partial charge in [-0.1, -0.05) is 13.0 Å². The number of pyridine rings is 1. The van der Waals surface area contributed by atoms with Gasteiger partial charge in [-0.3, -0.25) is 9.78 Å². The maximum atomic E-state index is 12.6. The highest BCUT2D eigenvalue weighted by Gasteiger charge is 2.35. The lowest BCUT2D eigenvalue weighted by Gasteiger charge is -2.34. The molecule has 8 heteroatoms. The maximum absolute atomic E-state index is 12.6. The minimum absolute atomic E-state index is 0.0500. The zero-order valence-corrected chi connectivity index (χ0v) is 15.2. The number of nitrogens with one attached hydrogen (secondary N) is 1. The van der Waals surface area contributed by atoms with E-state index in [1.165, 1.54) is 16.4 Å². The van der Waals surface area contributed by atoms with Crippen molar-refractivity contribution in [2.45, 2.75) is 30.4 Å². The van der Waals surface area contributed by atoms with Crippen molar-refractivity contribution in [1.29, 1.82) is 0 Å². The summed E-state index contributed by atoms with van der Waals surface area (Å²) >= 11 is 0. The van der Waals surface area contributed by atoms with E-state index in [2.05, 4.69) is 10.3 Å². The van der Waals surface area contributed by atoms with Crippen molar-refractivity contribution < 1.29 is 18.3 Å². The van der Waals surface area contributed by atoms with Gasteiger partial charge in [-0.2, -0.15) is 4.31 Å². The van der Waals surface area contributed by atoms with E-state index in [0.717, 1.165) is 5.56 Å². The fraction of sp³-hybridized carbons (Fsp3) is 0.333. The molecule has 0 aliphatic carbocycles. The largest absolute Gasteiger partial charge is 0.390 e. The van der Waals surface area contributed by atoms with Crippen LogP contribution in [0.5, 0.6) is 0 Å². The van der Waals surface area contributed by atoms with Gasteiger partial charge in [-0.15, -0.1) is 0 Å². The number of β-amino-alcohol motifs (C(OH)–C–C–N with tert-alkyl or cyclic N) is 1. The zero-order chi connectivity index (χ0) is 18.7. The molecule has 1 aromatic carbocycles. The smallest absolute Gasteiger partial charge is 0.251 e. The Balaban J connectivity index is 1.78. The molecular formula is C18H21N3O4S. The Hall–Kier alpha value is -2.29. The van der Waals surface area contributed by atoms with Crippen molar-refractivity contribution in [3.05, 3.63) is 59.9 Å². The average Bonchev–Trinajstić information content (AvgIpc) is 2.64. The number of nitrogens with zero attached hydrogens (tertiary/aromatic N) is 2. The highest BCUT2D eigenvalue weighted by atomic mass is 32.2. The van der Waals surface area contributed by atoms with Gasteiger partial charge in [0.05, 0.1) is 17.0 Å². The molecular weight excluding hydrogens is 354 g/mol. The van der Waals surface area contributed by atoms with Gasteiger partial charge in [0.1, 0.15) is 0 Å². The Labute approximate surface area is 152 Å². The van der Waals surface area contributed by atoms with E-state index in [4.69, 9.17) is 0 Å². The van der Waals surface area contributed by atoms with E-state index in [1.54, 1.807) is 24.5 Å². The van der Waals surface area contributed by atoms with Gasteiger partial charge in [0, 0.05) is 31.0 Å². The number of aromatic nitrogens is 1. The molecule has 0 unspecified atom stereocenters. The molecule has 0 saturated carbocycles. The molecule has 1 fully saturated rings. The third kappa shape index (κ3) is 3.77. The predicted molar refractivity (Wildman–Crippen MR) is 95.9 cm³/mol. The van der Waals surface area contributed by atoms with Crippen molar-refractivity contribution in [2.75, 3.05) is 13.1 Å². The Kier molecular flexibility index (Phi) is 5.36. The number of carbonyl (C=O) groups is 1. The SMILES string of the molecule is CC[C@H](NC(=O)c1cccc(S(=O)(=O)N2CC(O)C2)c1)c1ccncc1. The Morgan fingerprint density at radius 3 is 2.62 bits per heavy atom. The number of aliphatic hydroxyl groups excluding tert-OH is 1. The minimum Gasteiger partial charge on any atom is -0.390 e. The number of sulfonamides is 1. The summed E-state index contributed by atoms with van der Waals surface area (Å²) in [6, 6.07) is 9.45. The molecule has 2 aromatic rings. The standard InChI is InChI=1S/C18H21N3O4S/c1-2-17(13-6-8-19-9-7-13)20-18(23)14-4-3-5-16(10-14)26(24,25)21-11-15(22)12-21/h3-10,15,17,22H,2,11-12H2,1H3,(H,20,23)/t17-/m0/s1. The molecule has 1 amide bonds. The number of hydrogen-bond acceptors (Lipinski definition) is 5. The van der Waals surface area contributed by atoms with Crippen LogP contribution in [0.3, 0.4) is 0 Å². The van der Waals surface area contributed by atoms with Crippen LogP contribution in [-0.4, -0.2) is 47.9 Å². The van der Waals surface area contributed by atoms with Gasteiger partial charge in [0.2, 0.25) is 10.0 Å². The Morgan fingerprint density at radius 2 is 2.00 bits per heavy atom. The fourth-order valence-corrected chi connectivity index (χ4v) is 4.38. The van der Waals surface area contributed by atoms with Crippen molar-refractivity contribution in [3.63, 3.8) is 0 Å². The maximum Gasteiger partial charge on any atom is 0.251 e. The number of aliphatic hydroxyl groups is 1. The number of amides is 1. The fourth-order valence-electron chi connectivity index (χ4n) is 2.82. The van der Waals surface area contributed by atoms with Gasteiger partial charge >= 0.3 is 0 Å². The first-order valence-electron chi connectivity index (χ1n) is 8.41. The quantitative estimate of drug-likeness (QED) is 0.793. The lowest BCUT2D eigenvalue weighted by molar-refractivity contribution is 0.0547. The second kappa shape index (κ2) is 7.53. The van der Waals surface area contributed by atoms with Crippen molar-refractivity contribution in [2.24, 2.45) is 0 Å². The summed E-state index contributed by atoms with van der Waals surface area (Å²) in [7, 11) is -3.69. The molecule has 0 spiro atoms. The van der Waals surface area contributed by atoms with Crippen LogP contribution in [0.1, 0.15) is 35.3 Å². The number of hydrogen-bond donors (Lipinski definition) is 2. The van der Waals surface area contributed by atoms with E-state index in [0.29, 0.717) is 6.42 Å². The van der Waals surface area contributed by atoms with Crippen LogP contribution in [0.25, 0.3) is 0 Å². The summed E-state index contributed by atoms with van der Waals surface area (Å²) in [6.45, 7) is 2.12. The molecule has 26 heavy (non-hydrogen) atoms. The molecule has 2 N–H and O–H groups in total. The number of benzene rings is 1. The monoisotopic (exact) mass is 375 g/mol. The summed E-state index contributed by atoms with van der Waals surface area (Å²) in [6.07, 6.45) is 3.40. The van der Waals surface area contributed by atoms with Crippen LogP contribution in [0, 0.1) is 0 Å². The second-order valence-corrected chi connectivity index (χ2v) is 8.16. The van der Waals surface area contributed by atoms with Gasteiger partial charge in [0.15, 0.2) is 0 Å². The van der Waals surface area contributed by atoms with Crippen molar-refractivity contribution >= 4 is 15.9 Å². The van der Waals surface area contributed by atoms with Crippen LogP contribution >= 0.6 is 0 Å². The molecule has 2 heterocycles. The average molecular weight is 375 g/mol. The Morgan fingerprint density at radius 1 is 1.31 bits per heavy atom. The molecule has 138 valence electrons. The van der Waals surface area contributed by atoms with Crippen LogP contribution in [0.15, 0.2) is 53.7 Å². The topological polar surface area (TPSA) is 99.6 Å². The van der Waals surface area contributed by atoms with Gasteiger partial charge in [-0.25, -0.2) is 8.42 Å². The molecule has 1 aliphatic heterocycles. The summed E-state index contributed by atoms with van der Waals surface area (Å²) < 4.78 is 26.2. The molecule has 3 rings (SSSR count). The van der Waals surface area contributed by atoms with E-state index in [9.17, 15) is 18.3 Å². The number of carbonyl (C=O) groups excluding carboxylic acids is 1. The normalized spacial score (nSPS) is 16.7. The zero-order valence-electron chi connectivity index (χ0n) is 14.4. The minimum atomic E-state index is -3.69. The van der Waals surface area contributed by atoms with Crippen molar-refractivity contribution in [1.82, 2.24) is 14.6 Å².